The van der Waals surface area contributed by atoms with Gasteiger partial charge in [0.2, 0.25) is 0 Å². The monoisotopic (exact) mass is 451 g/mol. The molecule has 0 amide bonds. The van der Waals surface area contributed by atoms with E-state index in [0.717, 1.165) is 16.5 Å². The SMILES string of the molecule is COC(=O)[C@@H](Cc1c[nH]c2ccccc12)N=Cc1ccc(-c2ccc(Cl)c([N+](=O)[O-])c2)o1. The maximum Gasteiger partial charge on any atom is 0.330 e. The van der Waals surface area contributed by atoms with E-state index in [1.54, 1.807) is 18.2 Å². The largest absolute Gasteiger partial charge is 0.467 e. The van der Waals surface area contributed by atoms with E-state index in [-0.39, 0.29) is 10.7 Å². The molecule has 4 rings (SSSR count). The number of carbonyl (C=O) groups is 1. The highest BCUT2D eigenvalue weighted by Gasteiger charge is 2.20. The standard InChI is InChI=1S/C23H18ClN3O5/c1-31-23(28)20(10-15-12-25-19-5-3-2-4-17(15)19)26-13-16-7-9-22(32-16)14-6-8-18(24)21(11-14)27(29)30/h2-9,11-13,20,25H,10H2,1H3/t20-/m1/s1. The number of rotatable bonds is 7. The lowest BCUT2D eigenvalue weighted by Gasteiger charge is -2.09. The van der Waals surface area contributed by atoms with Gasteiger partial charge < -0.3 is 14.1 Å². The van der Waals surface area contributed by atoms with E-state index in [9.17, 15) is 14.9 Å². The van der Waals surface area contributed by atoms with Crippen molar-refractivity contribution in [1.29, 1.82) is 0 Å². The van der Waals surface area contributed by atoms with Crippen LogP contribution in [-0.2, 0) is 16.0 Å². The first-order valence-corrected chi connectivity index (χ1v) is 10.0. The van der Waals surface area contributed by atoms with Gasteiger partial charge in [-0.25, -0.2) is 4.79 Å². The zero-order chi connectivity index (χ0) is 22.7. The minimum absolute atomic E-state index is 0.0466. The fraction of sp³-hybridized carbons (Fsp3) is 0.130. The van der Waals surface area contributed by atoms with E-state index in [1.165, 1.54) is 25.5 Å². The number of furan rings is 1. The Morgan fingerprint density at radius 1 is 1.28 bits per heavy atom. The average molecular weight is 452 g/mol. The molecule has 0 aliphatic heterocycles. The Hall–Kier alpha value is -3.91. The summed E-state index contributed by atoms with van der Waals surface area (Å²) in [6, 6.07) is 14.8. The van der Waals surface area contributed by atoms with Gasteiger partial charge in [0, 0.05) is 35.2 Å². The number of aromatic nitrogens is 1. The number of H-pyrrole nitrogens is 1. The van der Waals surface area contributed by atoms with Gasteiger partial charge in [0.25, 0.3) is 5.69 Å². The summed E-state index contributed by atoms with van der Waals surface area (Å²) in [5.41, 5.74) is 2.22. The first-order chi connectivity index (χ1) is 15.5. The third kappa shape index (κ3) is 4.40. The molecule has 2 aromatic heterocycles. The van der Waals surface area contributed by atoms with Gasteiger partial charge in [-0.15, -0.1) is 0 Å². The number of hydrogen-bond donors (Lipinski definition) is 1. The Morgan fingerprint density at radius 3 is 2.88 bits per heavy atom. The van der Waals surface area contributed by atoms with Gasteiger partial charge in [-0.05, 0) is 35.9 Å². The van der Waals surface area contributed by atoms with Gasteiger partial charge in [-0.3, -0.25) is 15.1 Å². The number of nitro groups is 1. The molecule has 0 saturated carbocycles. The molecule has 0 bridgehead atoms. The number of halogens is 1. The number of ether oxygens (including phenoxy) is 1. The highest BCUT2D eigenvalue weighted by molar-refractivity contribution is 6.32. The normalized spacial score (nSPS) is 12.3. The Kier molecular flexibility index (Phi) is 6.04. The molecule has 8 nitrogen and oxygen atoms in total. The number of benzene rings is 2. The molecule has 1 N–H and O–H groups in total. The summed E-state index contributed by atoms with van der Waals surface area (Å²) in [5, 5.41) is 12.2. The quantitative estimate of drug-likeness (QED) is 0.180. The van der Waals surface area contributed by atoms with Crippen LogP contribution in [-0.4, -0.2) is 35.2 Å². The second-order valence-corrected chi connectivity index (χ2v) is 7.41. The second-order valence-electron chi connectivity index (χ2n) is 7.01. The topological polar surface area (TPSA) is 111 Å². The number of esters is 1. The van der Waals surface area contributed by atoms with Crippen LogP contribution < -0.4 is 0 Å². The summed E-state index contributed by atoms with van der Waals surface area (Å²) in [7, 11) is 1.32. The highest BCUT2D eigenvalue weighted by atomic mass is 35.5. The van der Waals surface area contributed by atoms with Crippen molar-refractivity contribution in [3.8, 4) is 11.3 Å². The van der Waals surface area contributed by atoms with Crippen LogP contribution in [0.5, 0.6) is 0 Å². The molecule has 4 aromatic rings. The predicted molar refractivity (Wildman–Crippen MR) is 121 cm³/mol. The fourth-order valence-electron chi connectivity index (χ4n) is 3.39. The van der Waals surface area contributed by atoms with Crippen LogP contribution >= 0.6 is 11.6 Å². The summed E-state index contributed by atoms with van der Waals surface area (Å²) < 4.78 is 10.7. The minimum Gasteiger partial charge on any atom is -0.467 e. The van der Waals surface area contributed by atoms with Gasteiger partial charge in [0.15, 0.2) is 6.04 Å². The molecule has 0 aliphatic carbocycles. The molecule has 0 radical (unpaired) electrons. The number of nitrogens with one attached hydrogen (secondary N) is 1. The van der Waals surface area contributed by atoms with Crippen LogP contribution in [0.3, 0.4) is 0 Å². The van der Waals surface area contributed by atoms with Crippen LogP contribution in [0.1, 0.15) is 11.3 Å². The highest BCUT2D eigenvalue weighted by Crippen LogP contribution is 2.31. The zero-order valence-electron chi connectivity index (χ0n) is 16.9. The molecule has 0 spiro atoms. The van der Waals surface area contributed by atoms with E-state index in [1.807, 2.05) is 30.5 Å². The van der Waals surface area contributed by atoms with E-state index in [2.05, 4.69) is 9.98 Å². The van der Waals surface area contributed by atoms with Gasteiger partial charge in [-0.1, -0.05) is 29.8 Å². The van der Waals surface area contributed by atoms with Crippen LogP contribution in [0, 0.1) is 10.1 Å². The number of nitrogens with zero attached hydrogens (tertiary/aromatic N) is 2. The molecule has 2 aromatic carbocycles. The van der Waals surface area contributed by atoms with E-state index >= 15 is 0 Å². The molecule has 0 saturated heterocycles. The van der Waals surface area contributed by atoms with Gasteiger partial charge in [-0.2, -0.15) is 0 Å². The van der Waals surface area contributed by atoms with Crippen LogP contribution in [0.15, 0.2) is 70.2 Å². The maximum absolute atomic E-state index is 12.3. The van der Waals surface area contributed by atoms with Crippen LogP contribution in [0.2, 0.25) is 5.02 Å². The van der Waals surface area contributed by atoms with Crippen molar-refractivity contribution in [3.05, 3.63) is 87.3 Å². The van der Waals surface area contributed by atoms with Crippen molar-refractivity contribution in [2.75, 3.05) is 7.11 Å². The van der Waals surface area contributed by atoms with E-state index < -0.39 is 16.9 Å². The lowest BCUT2D eigenvalue weighted by molar-refractivity contribution is -0.384. The summed E-state index contributed by atoms with van der Waals surface area (Å²) in [6.45, 7) is 0. The molecule has 0 unspecified atom stereocenters. The lowest BCUT2D eigenvalue weighted by Crippen LogP contribution is -2.23. The first-order valence-electron chi connectivity index (χ1n) is 9.66. The summed E-state index contributed by atoms with van der Waals surface area (Å²) in [5.74, 6) is 0.342. The number of methoxy groups -OCH3 is 1. The third-order valence-electron chi connectivity index (χ3n) is 5.00. The lowest BCUT2D eigenvalue weighted by atomic mass is 10.1. The van der Waals surface area contributed by atoms with Gasteiger partial charge in [0.05, 0.1) is 18.2 Å². The molecule has 0 fully saturated rings. The fourth-order valence-corrected chi connectivity index (χ4v) is 3.57. The van der Waals surface area contributed by atoms with Crippen molar-refractivity contribution >= 4 is 40.4 Å². The second kappa shape index (κ2) is 9.07. The number of aromatic amines is 1. The van der Waals surface area contributed by atoms with Crippen molar-refractivity contribution in [1.82, 2.24) is 4.98 Å². The number of hydrogen-bond acceptors (Lipinski definition) is 6. The van der Waals surface area contributed by atoms with Crippen molar-refractivity contribution in [2.24, 2.45) is 4.99 Å². The maximum atomic E-state index is 12.3. The number of carbonyl (C=O) groups excluding carboxylic acids is 1. The van der Waals surface area contributed by atoms with E-state index in [0.29, 0.717) is 23.5 Å². The Balaban J connectivity index is 1.56. The average Bonchev–Trinajstić information content (AvgIpc) is 3.43. The Labute approximate surface area is 187 Å². The van der Waals surface area contributed by atoms with Crippen molar-refractivity contribution in [3.63, 3.8) is 0 Å². The Bertz CT molecular complexity index is 1320. The van der Waals surface area contributed by atoms with Crippen molar-refractivity contribution < 1.29 is 18.9 Å². The molecule has 9 heteroatoms. The molecule has 0 aliphatic rings. The summed E-state index contributed by atoms with van der Waals surface area (Å²) in [4.78, 5) is 30.4. The minimum atomic E-state index is -0.760. The molecule has 32 heavy (non-hydrogen) atoms. The van der Waals surface area contributed by atoms with Crippen LogP contribution in [0.4, 0.5) is 5.69 Å². The number of para-hydroxylation sites is 1. The smallest absolute Gasteiger partial charge is 0.330 e. The third-order valence-corrected chi connectivity index (χ3v) is 5.32. The zero-order valence-corrected chi connectivity index (χ0v) is 17.7. The summed E-state index contributed by atoms with van der Waals surface area (Å²) in [6.07, 6.45) is 3.66. The molecule has 1 atom stereocenters. The molecule has 2 heterocycles. The Morgan fingerprint density at radius 2 is 2.09 bits per heavy atom. The molecular weight excluding hydrogens is 434 g/mol. The summed E-state index contributed by atoms with van der Waals surface area (Å²) >= 11 is 5.87. The predicted octanol–water partition coefficient (Wildman–Crippen LogP) is 5.19. The van der Waals surface area contributed by atoms with Crippen molar-refractivity contribution in [2.45, 2.75) is 12.5 Å². The first kappa shape index (κ1) is 21.3. The van der Waals surface area contributed by atoms with Crippen LogP contribution in [0.25, 0.3) is 22.2 Å². The van der Waals surface area contributed by atoms with E-state index in [4.69, 9.17) is 20.8 Å². The molecular formula is C23H18ClN3O5. The number of fused-ring (bicyclic) bond motifs is 1. The van der Waals surface area contributed by atoms with Gasteiger partial charge >= 0.3 is 5.97 Å². The number of aliphatic imine (C=N–C) groups is 1. The van der Waals surface area contributed by atoms with Gasteiger partial charge in [0.1, 0.15) is 16.5 Å². The number of nitro benzene ring substituents is 1. The molecule has 162 valence electrons.